The van der Waals surface area contributed by atoms with Crippen LogP contribution in [0.3, 0.4) is 0 Å². The molecule has 0 atom stereocenters. The molecule has 2 rings (SSSR count). The zero-order valence-electron chi connectivity index (χ0n) is 11.2. The zero-order valence-corrected chi connectivity index (χ0v) is 12.4. The Bertz CT molecular complexity index is 643. The Morgan fingerprint density at radius 3 is 1.64 bits per heavy atom. The van der Waals surface area contributed by atoms with Gasteiger partial charge in [0.25, 0.3) is 0 Å². The van der Waals surface area contributed by atoms with E-state index in [1.54, 1.807) is 24.3 Å². The molecule has 0 saturated carbocycles. The van der Waals surface area contributed by atoms with Crippen molar-refractivity contribution in [3.63, 3.8) is 0 Å². The summed E-state index contributed by atoms with van der Waals surface area (Å²) in [5.74, 6) is -2.50. The van der Waals surface area contributed by atoms with Crippen molar-refractivity contribution in [3.05, 3.63) is 59.7 Å². The van der Waals surface area contributed by atoms with Gasteiger partial charge in [-0.3, -0.25) is 0 Å². The number of hydrogen-bond donors (Lipinski definition) is 4. The van der Waals surface area contributed by atoms with Gasteiger partial charge in [-0.15, -0.1) is 0 Å². The SMILES string of the molecule is O=C(O)c1ccccc1O.O=C(O)c1ccccc1OO.[Al]. The Morgan fingerprint density at radius 1 is 0.818 bits per heavy atom. The summed E-state index contributed by atoms with van der Waals surface area (Å²) in [6.45, 7) is 0. The lowest BCUT2D eigenvalue weighted by Gasteiger charge is -1.99. The highest BCUT2D eigenvalue weighted by Crippen LogP contribution is 2.16. The van der Waals surface area contributed by atoms with Gasteiger partial charge in [-0.05, 0) is 24.3 Å². The zero-order chi connectivity index (χ0) is 15.8. The van der Waals surface area contributed by atoms with Crippen LogP contribution in [-0.2, 0) is 0 Å². The van der Waals surface area contributed by atoms with Crippen molar-refractivity contribution in [3.8, 4) is 11.5 Å². The third-order valence-electron chi connectivity index (χ3n) is 2.35. The average molecular weight is 319 g/mol. The molecular weight excluding hydrogens is 307 g/mol. The molecule has 0 amide bonds. The van der Waals surface area contributed by atoms with Crippen LogP contribution < -0.4 is 4.89 Å². The number of phenols is 1. The lowest BCUT2D eigenvalue weighted by atomic mass is 10.2. The third-order valence-corrected chi connectivity index (χ3v) is 2.35. The van der Waals surface area contributed by atoms with Crippen LogP contribution in [0.2, 0.25) is 0 Å². The maximum atomic E-state index is 10.4. The standard InChI is InChI=1S/C7H6O4.C7H6O3.Al/c8-7(9)5-3-1-2-4-6(5)11-10;8-6-4-2-1-3-5(6)7(9)10;/h1-4,10H,(H,8,9);1-4,8H,(H,9,10);. The summed E-state index contributed by atoms with van der Waals surface area (Å²) in [6, 6.07) is 11.6. The molecule has 4 N–H and O–H groups in total. The molecule has 2 aromatic carbocycles. The number of rotatable bonds is 3. The summed E-state index contributed by atoms with van der Waals surface area (Å²) in [4.78, 5) is 24.5. The molecule has 2 aromatic rings. The van der Waals surface area contributed by atoms with Gasteiger partial charge in [-0.2, -0.15) is 0 Å². The highest BCUT2D eigenvalue weighted by Gasteiger charge is 2.09. The van der Waals surface area contributed by atoms with Crippen molar-refractivity contribution in [1.82, 2.24) is 0 Å². The quantitative estimate of drug-likeness (QED) is 0.387. The summed E-state index contributed by atoms with van der Waals surface area (Å²) >= 11 is 0. The van der Waals surface area contributed by atoms with Crippen molar-refractivity contribution in [2.45, 2.75) is 0 Å². The van der Waals surface area contributed by atoms with E-state index in [0.717, 1.165) is 0 Å². The molecule has 0 aromatic heterocycles. The van der Waals surface area contributed by atoms with E-state index >= 15 is 0 Å². The number of carboxylic acids is 2. The molecule has 0 unspecified atom stereocenters. The summed E-state index contributed by atoms with van der Waals surface area (Å²) < 4.78 is 0. The highest BCUT2D eigenvalue weighted by molar-refractivity contribution is 5.91. The molecule has 0 bridgehead atoms. The predicted molar refractivity (Wildman–Crippen MR) is 77.5 cm³/mol. The number of hydrogen-bond acceptors (Lipinski definition) is 5. The molecule has 7 nitrogen and oxygen atoms in total. The van der Waals surface area contributed by atoms with Crippen molar-refractivity contribution < 1.29 is 35.1 Å². The summed E-state index contributed by atoms with van der Waals surface area (Å²) in [6.07, 6.45) is 0. The first-order valence-electron chi connectivity index (χ1n) is 5.62. The number of aromatic carboxylic acids is 2. The van der Waals surface area contributed by atoms with E-state index < -0.39 is 11.9 Å². The van der Waals surface area contributed by atoms with E-state index in [9.17, 15) is 9.59 Å². The van der Waals surface area contributed by atoms with Gasteiger partial charge in [0.1, 0.15) is 16.9 Å². The monoisotopic (exact) mass is 319 g/mol. The van der Waals surface area contributed by atoms with Gasteiger partial charge >= 0.3 is 11.9 Å². The van der Waals surface area contributed by atoms with Crippen molar-refractivity contribution in [2.75, 3.05) is 0 Å². The minimum atomic E-state index is -1.13. The van der Waals surface area contributed by atoms with E-state index in [-0.39, 0.29) is 40.0 Å². The molecular formula is C14H12AlO7. The smallest absolute Gasteiger partial charge is 0.339 e. The van der Waals surface area contributed by atoms with Crippen LogP contribution >= 0.6 is 0 Å². The number of carboxylic acid groups (broad SMARTS) is 2. The molecule has 0 saturated heterocycles. The van der Waals surface area contributed by atoms with E-state index in [0.29, 0.717) is 0 Å². The van der Waals surface area contributed by atoms with Crippen LogP contribution in [0.4, 0.5) is 0 Å². The maximum Gasteiger partial charge on any atom is 0.339 e. The first kappa shape index (κ1) is 19.5. The van der Waals surface area contributed by atoms with Crippen LogP contribution in [0.1, 0.15) is 20.7 Å². The average Bonchev–Trinajstić information content (AvgIpc) is 2.48. The minimum Gasteiger partial charge on any atom is -0.507 e. The molecule has 0 fully saturated rings. The van der Waals surface area contributed by atoms with Crippen LogP contribution in [0.25, 0.3) is 0 Å². The molecule has 0 aliphatic heterocycles. The molecule has 0 aliphatic carbocycles. The third kappa shape index (κ3) is 5.46. The van der Waals surface area contributed by atoms with Gasteiger partial charge in [0.2, 0.25) is 0 Å². The fourth-order valence-corrected chi connectivity index (χ4v) is 1.38. The molecule has 113 valence electrons. The summed E-state index contributed by atoms with van der Waals surface area (Å²) in [5, 5.41) is 34.0. The maximum absolute atomic E-state index is 10.4. The Kier molecular flexibility index (Phi) is 8.33. The molecule has 8 heteroatoms. The van der Waals surface area contributed by atoms with Crippen molar-refractivity contribution >= 4 is 29.3 Å². The van der Waals surface area contributed by atoms with Gasteiger partial charge < -0.3 is 20.2 Å². The largest absolute Gasteiger partial charge is 0.507 e. The molecule has 22 heavy (non-hydrogen) atoms. The van der Waals surface area contributed by atoms with Crippen LogP contribution in [0.5, 0.6) is 11.5 Å². The summed E-state index contributed by atoms with van der Waals surface area (Å²) in [5.41, 5.74) is -0.127. The second-order valence-electron chi connectivity index (χ2n) is 3.71. The van der Waals surface area contributed by atoms with Crippen molar-refractivity contribution in [1.29, 1.82) is 0 Å². The topological polar surface area (TPSA) is 124 Å². The van der Waals surface area contributed by atoms with Crippen LogP contribution in [0, 0.1) is 0 Å². The highest BCUT2D eigenvalue weighted by atomic mass is 27.0. The second-order valence-corrected chi connectivity index (χ2v) is 3.71. The van der Waals surface area contributed by atoms with E-state index in [1.807, 2.05) is 0 Å². The van der Waals surface area contributed by atoms with Gasteiger partial charge in [0, 0.05) is 17.4 Å². The van der Waals surface area contributed by atoms with Gasteiger partial charge in [0.05, 0.1) is 0 Å². The molecule has 3 radical (unpaired) electrons. The second kappa shape index (κ2) is 9.42. The molecule has 0 aliphatic rings. The Labute approximate surface area is 136 Å². The molecule has 0 spiro atoms. The van der Waals surface area contributed by atoms with Crippen LogP contribution in [0.15, 0.2) is 48.5 Å². The Balaban J connectivity index is 0.000000385. The first-order chi connectivity index (χ1) is 9.97. The first-order valence-corrected chi connectivity index (χ1v) is 5.62. The number of carbonyl (C=O) groups is 2. The molecule has 0 heterocycles. The van der Waals surface area contributed by atoms with Crippen molar-refractivity contribution in [2.24, 2.45) is 0 Å². The fourth-order valence-electron chi connectivity index (χ4n) is 1.38. The lowest BCUT2D eigenvalue weighted by molar-refractivity contribution is -0.138. The van der Waals surface area contributed by atoms with E-state index in [2.05, 4.69) is 4.89 Å². The summed E-state index contributed by atoms with van der Waals surface area (Å²) in [7, 11) is 0. The normalized spacial score (nSPS) is 8.77. The minimum absolute atomic E-state index is 0. The number of aromatic hydroxyl groups is 1. The van der Waals surface area contributed by atoms with Gasteiger partial charge in [0.15, 0.2) is 5.75 Å². The predicted octanol–water partition coefficient (Wildman–Crippen LogP) is 1.95. The lowest BCUT2D eigenvalue weighted by Crippen LogP contribution is -1.99. The Hall–Kier alpha value is -2.53. The fraction of sp³-hybridized carbons (Fsp3) is 0. The number of benzene rings is 2. The van der Waals surface area contributed by atoms with E-state index in [4.69, 9.17) is 20.6 Å². The van der Waals surface area contributed by atoms with E-state index in [1.165, 1.54) is 24.3 Å². The number of para-hydroxylation sites is 2. The van der Waals surface area contributed by atoms with Gasteiger partial charge in [-0.25, -0.2) is 14.8 Å². The van der Waals surface area contributed by atoms with Gasteiger partial charge in [-0.1, -0.05) is 24.3 Å². The van der Waals surface area contributed by atoms with Crippen LogP contribution in [-0.4, -0.2) is 49.9 Å². The Morgan fingerprint density at radius 2 is 1.27 bits per heavy atom.